The van der Waals surface area contributed by atoms with Crippen LogP contribution >= 0.6 is 39.1 Å². The van der Waals surface area contributed by atoms with Crippen molar-refractivity contribution in [3.8, 4) is 0 Å². The van der Waals surface area contributed by atoms with Crippen molar-refractivity contribution in [3.63, 3.8) is 0 Å². The second kappa shape index (κ2) is 3.93. The Balaban J connectivity index is 3.01. The number of hydrogen-bond donors (Lipinski definition) is 0. The fourth-order valence-corrected chi connectivity index (χ4v) is 3.63. The largest absolute Gasteiger partial charge is 0.311 e. The fraction of sp³-hybridized carbons (Fsp3) is 0.571. The normalized spacial score (nSPS) is 12.2. The number of imidazole rings is 1. The van der Waals surface area contributed by atoms with Crippen LogP contribution in [-0.4, -0.2) is 17.6 Å². The number of hydrogen-bond acceptors (Lipinski definition) is 1. The summed E-state index contributed by atoms with van der Waals surface area (Å²) in [4.78, 5) is 4.03. The zero-order valence-corrected chi connectivity index (χ0v) is 11.8. The lowest BCUT2D eigenvalue weighted by Gasteiger charge is -2.17. The van der Waals surface area contributed by atoms with Gasteiger partial charge in [-0.3, -0.25) is 0 Å². The summed E-state index contributed by atoms with van der Waals surface area (Å²) < 4.78 is 2.63. The highest BCUT2D eigenvalue weighted by molar-refractivity contribution is 9.10. The highest BCUT2D eigenvalue weighted by Gasteiger charge is 2.19. The number of rotatable bonds is 2. The maximum atomic E-state index is 5.98. The zero-order valence-electron chi connectivity index (χ0n) is 7.74. The molecule has 0 spiro atoms. The molecule has 0 saturated carbocycles. The summed E-state index contributed by atoms with van der Waals surface area (Å²) in [6.45, 7) is 6.80. The maximum Gasteiger partial charge on any atom is 0.179 e. The first kappa shape index (κ1) is 11.6. The minimum absolute atomic E-state index is 0.367. The third-order valence-corrected chi connectivity index (χ3v) is 4.07. The van der Waals surface area contributed by atoms with E-state index in [0.717, 1.165) is 6.17 Å². The van der Waals surface area contributed by atoms with E-state index in [1.165, 1.54) is 0 Å². The molecule has 2 nitrogen and oxygen atoms in total. The lowest BCUT2D eigenvalue weighted by Crippen LogP contribution is -2.28. The summed E-state index contributed by atoms with van der Waals surface area (Å²) in [6, 6.07) is 0. The SMILES string of the molecule is C[Si](C)(C)Cn1c(Br)nc(Cl)c1Cl. The van der Waals surface area contributed by atoms with Crippen molar-refractivity contribution in [2.45, 2.75) is 25.8 Å². The summed E-state index contributed by atoms with van der Waals surface area (Å²) in [6.07, 6.45) is 0.923. The van der Waals surface area contributed by atoms with Crippen molar-refractivity contribution < 1.29 is 0 Å². The molecular formula is C7H11BrCl2N2Si. The summed E-state index contributed by atoms with van der Waals surface area (Å²) in [5.41, 5.74) is 0. The van der Waals surface area contributed by atoms with Gasteiger partial charge in [-0.15, -0.1) is 0 Å². The molecule has 13 heavy (non-hydrogen) atoms. The molecule has 0 bridgehead atoms. The molecule has 0 aliphatic rings. The van der Waals surface area contributed by atoms with Gasteiger partial charge in [-0.05, 0) is 15.9 Å². The van der Waals surface area contributed by atoms with Crippen molar-refractivity contribution >= 4 is 47.2 Å². The zero-order chi connectivity index (χ0) is 10.2. The standard InChI is InChI=1S/C7H11BrCl2N2Si/c1-13(2,3)4-12-6(10)5(9)11-7(12)8/h4H2,1-3H3. The smallest absolute Gasteiger partial charge is 0.179 e. The van der Waals surface area contributed by atoms with Gasteiger partial charge in [0.15, 0.2) is 9.89 Å². The van der Waals surface area contributed by atoms with Gasteiger partial charge in [-0.25, -0.2) is 4.98 Å². The van der Waals surface area contributed by atoms with E-state index < -0.39 is 8.07 Å². The van der Waals surface area contributed by atoms with E-state index in [1.807, 2.05) is 4.57 Å². The Morgan fingerprint density at radius 1 is 1.38 bits per heavy atom. The minimum Gasteiger partial charge on any atom is -0.311 e. The van der Waals surface area contributed by atoms with E-state index in [4.69, 9.17) is 23.2 Å². The highest BCUT2D eigenvalue weighted by Crippen LogP contribution is 2.27. The van der Waals surface area contributed by atoms with Crippen LogP contribution in [0.5, 0.6) is 0 Å². The molecule has 0 amide bonds. The van der Waals surface area contributed by atoms with Crippen LogP contribution in [0.25, 0.3) is 0 Å². The van der Waals surface area contributed by atoms with Gasteiger partial charge in [0.1, 0.15) is 5.15 Å². The van der Waals surface area contributed by atoms with E-state index in [2.05, 4.69) is 40.6 Å². The molecular weight excluding hydrogens is 291 g/mol. The molecule has 1 aromatic heterocycles. The van der Waals surface area contributed by atoms with Crippen LogP contribution in [0.4, 0.5) is 0 Å². The molecule has 1 aromatic rings. The number of aromatic nitrogens is 2. The van der Waals surface area contributed by atoms with Crippen LogP contribution < -0.4 is 0 Å². The second-order valence-electron chi connectivity index (χ2n) is 4.11. The van der Waals surface area contributed by atoms with Gasteiger partial charge in [0, 0.05) is 6.17 Å². The van der Waals surface area contributed by atoms with Crippen molar-refractivity contribution in [2.24, 2.45) is 0 Å². The van der Waals surface area contributed by atoms with Crippen LogP contribution in [0, 0.1) is 0 Å². The topological polar surface area (TPSA) is 17.8 Å². The summed E-state index contributed by atoms with van der Waals surface area (Å²) in [5.74, 6) is 0. The van der Waals surface area contributed by atoms with Gasteiger partial charge in [0.2, 0.25) is 0 Å². The Kier molecular flexibility index (Phi) is 3.49. The maximum absolute atomic E-state index is 5.98. The fourth-order valence-electron chi connectivity index (χ4n) is 0.989. The van der Waals surface area contributed by atoms with E-state index in [1.54, 1.807) is 0 Å². The molecule has 0 aromatic carbocycles. The molecule has 0 radical (unpaired) electrons. The molecule has 1 rings (SSSR count). The van der Waals surface area contributed by atoms with Crippen LogP contribution in [-0.2, 0) is 6.17 Å². The predicted octanol–water partition coefficient (Wildman–Crippen LogP) is 3.83. The third kappa shape index (κ3) is 2.97. The Morgan fingerprint density at radius 2 is 1.92 bits per heavy atom. The van der Waals surface area contributed by atoms with Crippen LogP contribution in [0.15, 0.2) is 4.73 Å². The van der Waals surface area contributed by atoms with Gasteiger partial charge >= 0.3 is 0 Å². The molecule has 0 aliphatic carbocycles. The molecule has 74 valence electrons. The predicted molar refractivity (Wildman–Crippen MR) is 63.3 cm³/mol. The van der Waals surface area contributed by atoms with Crippen molar-refractivity contribution in [3.05, 3.63) is 15.0 Å². The first-order valence-corrected chi connectivity index (χ1v) is 9.14. The Labute approximate surface area is 97.4 Å². The first-order chi connectivity index (χ1) is 5.81. The second-order valence-corrected chi connectivity index (χ2v) is 11.0. The van der Waals surface area contributed by atoms with Gasteiger partial charge in [0.05, 0.1) is 8.07 Å². The lowest BCUT2D eigenvalue weighted by atomic mass is 10.9. The van der Waals surface area contributed by atoms with Crippen molar-refractivity contribution in [2.75, 3.05) is 0 Å². The highest BCUT2D eigenvalue weighted by atomic mass is 79.9. The molecule has 0 saturated heterocycles. The molecule has 0 aliphatic heterocycles. The average Bonchev–Trinajstić information content (AvgIpc) is 2.14. The van der Waals surface area contributed by atoms with E-state index in [9.17, 15) is 0 Å². The average molecular weight is 302 g/mol. The lowest BCUT2D eigenvalue weighted by molar-refractivity contribution is 0.825. The third-order valence-electron chi connectivity index (χ3n) is 1.45. The van der Waals surface area contributed by atoms with Gasteiger partial charge < -0.3 is 4.57 Å². The minimum atomic E-state index is -1.20. The van der Waals surface area contributed by atoms with Crippen LogP contribution in [0.3, 0.4) is 0 Å². The van der Waals surface area contributed by atoms with Crippen LogP contribution in [0.1, 0.15) is 0 Å². The summed E-state index contributed by atoms with van der Waals surface area (Å²) >= 11 is 15.1. The molecule has 6 heteroatoms. The number of halogens is 3. The van der Waals surface area contributed by atoms with E-state index in [-0.39, 0.29) is 0 Å². The summed E-state index contributed by atoms with van der Waals surface area (Å²) in [5, 5.41) is 0.891. The van der Waals surface area contributed by atoms with Crippen LogP contribution in [0.2, 0.25) is 29.9 Å². The molecule has 0 N–H and O–H groups in total. The van der Waals surface area contributed by atoms with Crippen molar-refractivity contribution in [1.29, 1.82) is 0 Å². The van der Waals surface area contributed by atoms with Crippen molar-refractivity contribution in [1.82, 2.24) is 9.55 Å². The monoisotopic (exact) mass is 300 g/mol. The van der Waals surface area contributed by atoms with E-state index in [0.29, 0.717) is 15.0 Å². The Bertz CT molecular complexity index is 319. The van der Waals surface area contributed by atoms with E-state index >= 15 is 0 Å². The molecule has 0 atom stereocenters. The molecule has 1 heterocycles. The first-order valence-electron chi connectivity index (χ1n) is 3.88. The number of nitrogens with zero attached hydrogens (tertiary/aromatic N) is 2. The molecule has 0 fully saturated rings. The Morgan fingerprint density at radius 3 is 2.23 bits per heavy atom. The Hall–Kier alpha value is 0.487. The van der Waals surface area contributed by atoms with Gasteiger partial charge in [-0.1, -0.05) is 42.8 Å². The van der Waals surface area contributed by atoms with Gasteiger partial charge in [-0.2, -0.15) is 0 Å². The summed E-state index contributed by atoms with van der Waals surface area (Å²) in [7, 11) is -1.20. The van der Waals surface area contributed by atoms with Gasteiger partial charge in [0.25, 0.3) is 0 Å². The quantitative estimate of drug-likeness (QED) is 0.759. The molecule has 0 unspecified atom stereocenters.